The van der Waals surface area contributed by atoms with E-state index in [1.165, 1.54) is 31.4 Å². The minimum Gasteiger partial charge on any atom is -0.495 e. The Bertz CT molecular complexity index is 921. The van der Waals surface area contributed by atoms with Gasteiger partial charge in [-0.3, -0.25) is 9.52 Å². The molecule has 0 atom stereocenters. The number of anilines is 1. The van der Waals surface area contributed by atoms with Crippen molar-refractivity contribution in [2.75, 3.05) is 11.8 Å². The summed E-state index contributed by atoms with van der Waals surface area (Å²) in [4.78, 5) is 12.4. The average molecular weight is 397 g/mol. The summed E-state index contributed by atoms with van der Waals surface area (Å²) >= 11 is 5.93. The zero-order valence-electron chi connectivity index (χ0n) is 15.0. The molecule has 2 aromatic rings. The third-order valence-corrected chi connectivity index (χ3v) is 4.94. The lowest BCUT2D eigenvalue weighted by Crippen LogP contribution is -2.40. The first-order valence-corrected chi connectivity index (χ1v) is 9.67. The molecule has 8 heteroatoms. The second-order valence-corrected chi connectivity index (χ2v) is 8.74. The molecule has 0 bridgehead atoms. The minimum absolute atomic E-state index is 0.112. The predicted octanol–water partition coefficient (Wildman–Crippen LogP) is 3.68. The normalized spacial score (nSPS) is 11.7. The van der Waals surface area contributed by atoms with Crippen LogP contribution in [0, 0.1) is 0 Å². The molecule has 0 saturated carbocycles. The van der Waals surface area contributed by atoms with Crippen LogP contribution in [0.3, 0.4) is 0 Å². The van der Waals surface area contributed by atoms with Gasteiger partial charge in [0.15, 0.2) is 0 Å². The van der Waals surface area contributed by atoms with Gasteiger partial charge in [0.25, 0.3) is 15.9 Å². The molecule has 0 radical (unpaired) electrons. The number of carbonyl (C=O) groups excluding carboxylic acids is 1. The van der Waals surface area contributed by atoms with Gasteiger partial charge in [0.05, 0.1) is 18.4 Å². The summed E-state index contributed by atoms with van der Waals surface area (Å²) in [6.07, 6.45) is 0. The SMILES string of the molecule is COc1ccc(Cl)cc1S(=O)(=O)Nc1ccccc1C(=O)NC(C)(C)C. The fraction of sp³-hybridized carbons (Fsp3) is 0.278. The molecule has 0 unspecified atom stereocenters. The van der Waals surface area contributed by atoms with Crippen LogP contribution in [0.2, 0.25) is 5.02 Å². The number of para-hydroxylation sites is 1. The topological polar surface area (TPSA) is 84.5 Å². The number of rotatable bonds is 5. The van der Waals surface area contributed by atoms with Crippen LogP contribution < -0.4 is 14.8 Å². The first kappa shape index (κ1) is 20.1. The number of hydrogen-bond acceptors (Lipinski definition) is 4. The first-order chi connectivity index (χ1) is 12.0. The monoisotopic (exact) mass is 396 g/mol. The van der Waals surface area contributed by atoms with E-state index in [-0.39, 0.29) is 32.8 Å². The second-order valence-electron chi connectivity index (χ2n) is 6.65. The van der Waals surface area contributed by atoms with E-state index >= 15 is 0 Å². The maximum Gasteiger partial charge on any atom is 0.265 e. The highest BCUT2D eigenvalue weighted by Gasteiger charge is 2.24. The molecular weight excluding hydrogens is 376 g/mol. The summed E-state index contributed by atoms with van der Waals surface area (Å²) in [5.41, 5.74) is -0.0811. The Labute approximate surface area is 158 Å². The number of hydrogen-bond donors (Lipinski definition) is 2. The number of sulfonamides is 1. The van der Waals surface area contributed by atoms with Gasteiger partial charge in [-0.2, -0.15) is 0 Å². The van der Waals surface area contributed by atoms with Crippen LogP contribution in [0.25, 0.3) is 0 Å². The minimum atomic E-state index is -4.02. The van der Waals surface area contributed by atoms with Gasteiger partial charge in [0.1, 0.15) is 10.6 Å². The molecule has 0 aliphatic heterocycles. The van der Waals surface area contributed by atoms with Gasteiger partial charge in [-0.05, 0) is 51.1 Å². The highest BCUT2D eigenvalue weighted by molar-refractivity contribution is 7.92. The van der Waals surface area contributed by atoms with Crippen LogP contribution in [0.15, 0.2) is 47.4 Å². The molecule has 2 N–H and O–H groups in total. The van der Waals surface area contributed by atoms with Crippen molar-refractivity contribution in [2.45, 2.75) is 31.2 Å². The Morgan fingerprint density at radius 1 is 1.12 bits per heavy atom. The van der Waals surface area contributed by atoms with Gasteiger partial charge in [0.2, 0.25) is 0 Å². The van der Waals surface area contributed by atoms with E-state index < -0.39 is 15.6 Å². The van der Waals surface area contributed by atoms with Gasteiger partial charge in [-0.1, -0.05) is 23.7 Å². The molecule has 0 aliphatic rings. The molecule has 1 amide bonds. The zero-order valence-corrected chi connectivity index (χ0v) is 16.5. The average Bonchev–Trinajstić information content (AvgIpc) is 2.53. The largest absolute Gasteiger partial charge is 0.495 e. The second kappa shape index (κ2) is 7.55. The van der Waals surface area contributed by atoms with Gasteiger partial charge < -0.3 is 10.1 Å². The van der Waals surface area contributed by atoms with Crippen molar-refractivity contribution in [3.8, 4) is 5.75 Å². The molecular formula is C18H21ClN2O4S. The fourth-order valence-corrected chi connectivity index (χ4v) is 3.75. The third kappa shape index (κ3) is 4.89. The quantitative estimate of drug-likeness (QED) is 0.807. The van der Waals surface area contributed by atoms with Crippen molar-refractivity contribution in [1.82, 2.24) is 5.32 Å². The lowest BCUT2D eigenvalue weighted by atomic mass is 10.1. The van der Waals surface area contributed by atoms with Crippen molar-refractivity contribution in [3.63, 3.8) is 0 Å². The molecule has 0 heterocycles. The molecule has 26 heavy (non-hydrogen) atoms. The Morgan fingerprint density at radius 3 is 2.38 bits per heavy atom. The highest BCUT2D eigenvalue weighted by atomic mass is 35.5. The molecule has 2 aromatic carbocycles. The van der Waals surface area contributed by atoms with E-state index in [2.05, 4.69) is 10.0 Å². The summed E-state index contributed by atoms with van der Waals surface area (Å²) in [5, 5.41) is 3.07. The molecule has 0 aromatic heterocycles. The number of carbonyl (C=O) groups is 1. The van der Waals surface area contributed by atoms with Gasteiger partial charge in [0, 0.05) is 10.6 Å². The van der Waals surface area contributed by atoms with Crippen LogP contribution in [-0.4, -0.2) is 27.0 Å². The standard InChI is InChI=1S/C18H21ClN2O4S/c1-18(2,3)20-17(22)13-7-5-6-8-14(13)21-26(23,24)16-11-12(19)9-10-15(16)25-4/h5-11,21H,1-4H3,(H,20,22). The number of methoxy groups -OCH3 is 1. The van der Waals surface area contributed by atoms with E-state index in [0.29, 0.717) is 0 Å². The number of amides is 1. The van der Waals surface area contributed by atoms with Crippen LogP contribution >= 0.6 is 11.6 Å². The molecule has 0 aliphatic carbocycles. The molecule has 2 rings (SSSR count). The predicted molar refractivity (Wildman–Crippen MR) is 102 cm³/mol. The van der Waals surface area contributed by atoms with Crippen LogP contribution in [0.4, 0.5) is 5.69 Å². The zero-order chi connectivity index (χ0) is 19.5. The van der Waals surface area contributed by atoms with Crippen LogP contribution in [-0.2, 0) is 10.0 Å². The molecule has 0 saturated heterocycles. The van der Waals surface area contributed by atoms with Crippen molar-refractivity contribution < 1.29 is 17.9 Å². The summed E-state index contributed by atoms with van der Waals surface area (Å²) < 4.78 is 33.2. The maximum absolute atomic E-state index is 12.8. The fourth-order valence-electron chi connectivity index (χ4n) is 2.24. The van der Waals surface area contributed by atoms with Crippen LogP contribution in [0.1, 0.15) is 31.1 Å². The number of benzene rings is 2. The summed E-state index contributed by atoms with van der Waals surface area (Å²) in [5.74, 6) is -0.229. The molecule has 140 valence electrons. The van der Waals surface area contributed by atoms with Crippen LogP contribution in [0.5, 0.6) is 5.75 Å². The Balaban J connectivity index is 2.43. The van der Waals surface area contributed by atoms with Crippen molar-refractivity contribution >= 4 is 33.2 Å². The molecule has 0 spiro atoms. The van der Waals surface area contributed by atoms with Crippen molar-refractivity contribution in [2.24, 2.45) is 0 Å². The van der Waals surface area contributed by atoms with E-state index in [4.69, 9.17) is 16.3 Å². The van der Waals surface area contributed by atoms with Crippen molar-refractivity contribution in [3.05, 3.63) is 53.1 Å². The number of ether oxygens (including phenoxy) is 1. The molecule has 6 nitrogen and oxygen atoms in total. The Morgan fingerprint density at radius 2 is 1.77 bits per heavy atom. The lowest BCUT2D eigenvalue weighted by Gasteiger charge is -2.21. The summed E-state index contributed by atoms with van der Waals surface area (Å²) in [6.45, 7) is 5.53. The smallest absolute Gasteiger partial charge is 0.265 e. The summed E-state index contributed by atoms with van der Waals surface area (Å²) in [7, 11) is -2.65. The van der Waals surface area contributed by atoms with Gasteiger partial charge in [-0.15, -0.1) is 0 Å². The number of halogens is 1. The van der Waals surface area contributed by atoms with E-state index in [0.717, 1.165) is 0 Å². The van der Waals surface area contributed by atoms with Gasteiger partial charge in [-0.25, -0.2) is 8.42 Å². The highest BCUT2D eigenvalue weighted by Crippen LogP contribution is 2.29. The maximum atomic E-state index is 12.8. The summed E-state index contributed by atoms with van der Waals surface area (Å²) in [6, 6.07) is 10.7. The van der Waals surface area contributed by atoms with Crippen molar-refractivity contribution in [1.29, 1.82) is 0 Å². The lowest BCUT2D eigenvalue weighted by molar-refractivity contribution is 0.0920. The van der Waals surface area contributed by atoms with E-state index in [1.807, 2.05) is 20.8 Å². The molecule has 0 fully saturated rings. The number of nitrogens with one attached hydrogen (secondary N) is 2. The Hall–Kier alpha value is -2.25. The van der Waals surface area contributed by atoms with Gasteiger partial charge >= 0.3 is 0 Å². The van der Waals surface area contributed by atoms with E-state index in [9.17, 15) is 13.2 Å². The first-order valence-electron chi connectivity index (χ1n) is 7.81. The third-order valence-electron chi connectivity index (χ3n) is 3.32. The van der Waals surface area contributed by atoms with E-state index in [1.54, 1.807) is 18.2 Å². The Kier molecular flexibility index (Phi) is 5.83.